The van der Waals surface area contributed by atoms with Gasteiger partial charge in [-0.1, -0.05) is 25.3 Å². The highest BCUT2D eigenvalue weighted by Crippen LogP contribution is 2.26. The zero-order chi connectivity index (χ0) is 8.97. The molecule has 0 aromatic carbocycles. The molecule has 0 atom stereocenters. The summed E-state index contributed by atoms with van der Waals surface area (Å²) in [4.78, 5) is 10.6. The van der Waals surface area contributed by atoms with Gasteiger partial charge in [0.05, 0.1) is 4.91 Å². The van der Waals surface area contributed by atoms with E-state index in [0.29, 0.717) is 5.92 Å². The van der Waals surface area contributed by atoms with Crippen LogP contribution < -0.4 is 0 Å². The zero-order valence-electron chi connectivity index (χ0n) is 6.99. The number of carboxylic acid groups (broad SMARTS) is 1. The van der Waals surface area contributed by atoms with E-state index in [1.807, 2.05) is 0 Å². The molecule has 2 nitrogen and oxygen atoms in total. The van der Waals surface area contributed by atoms with Gasteiger partial charge in [-0.3, -0.25) is 0 Å². The number of hydrogen-bond acceptors (Lipinski definition) is 2. The molecule has 0 radical (unpaired) electrons. The Morgan fingerprint density at radius 3 is 2.42 bits per heavy atom. The molecule has 0 amide bonds. The summed E-state index contributed by atoms with van der Waals surface area (Å²) in [6.07, 6.45) is 7.77. The van der Waals surface area contributed by atoms with Gasteiger partial charge in [0.1, 0.15) is 0 Å². The van der Waals surface area contributed by atoms with E-state index < -0.39 is 5.97 Å². The molecule has 3 heteroatoms. The molecule has 1 rings (SSSR count). The topological polar surface area (TPSA) is 37.3 Å². The summed E-state index contributed by atoms with van der Waals surface area (Å²) in [6, 6.07) is 0. The van der Waals surface area contributed by atoms with E-state index >= 15 is 0 Å². The second kappa shape index (κ2) is 4.55. The van der Waals surface area contributed by atoms with Gasteiger partial charge in [0.25, 0.3) is 0 Å². The fourth-order valence-corrected chi connectivity index (χ4v) is 1.81. The van der Waals surface area contributed by atoms with Crippen LogP contribution in [0.15, 0.2) is 11.0 Å². The molecular formula is C9H14O2S. The van der Waals surface area contributed by atoms with Crippen LogP contribution in [0.3, 0.4) is 0 Å². The summed E-state index contributed by atoms with van der Waals surface area (Å²) in [5, 5.41) is 8.57. The van der Waals surface area contributed by atoms with Gasteiger partial charge in [-0.25, -0.2) is 4.79 Å². The minimum Gasteiger partial charge on any atom is -0.477 e. The van der Waals surface area contributed by atoms with Crippen LogP contribution in [0.2, 0.25) is 0 Å². The molecule has 1 N–H and O–H groups in total. The zero-order valence-corrected chi connectivity index (χ0v) is 7.89. The van der Waals surface area contributed by atoms with Crippen LogP contribution in [0.4, 0.5) is 0 Å². The van der Waals surface area contributed by atoms with Crippen LogP contribution in [0, 0.1) is 5.92 Å². The van der Waals surface area contributed by atoms with Crippen molar-refractivity contribution in [3.8, 4) is 0 Å². The fraction of sp³-hybridized carbons (Fsp3) is 0.667. The molecule has 0 aromatic rings. The first kappa shape index (κ1) is 9.65. The molecule has 0 heterocycles. The summed E-state index contributed by atoms with van der Waals surface area (Å²) in [6.45, 7) is 0. The van der Waals surface area contributed by atoms with E-state index in [0.717, 1.165) is 12.8 Å². The smallest absolute Gasteiger partial charge is 0.341 e. The van der Waals surface area contributed by atoms with Crippen molar-refractivity contribution >= 4 is 18.6 Å². The average molecular weight is 186 g/mol. The number of carboxylic acids is 1. The van der Waals surface area contributed by atoms with Crippen molar-refractivity contribution in [3.63, 3.8) is 0 Å². The predicted octanol–water partition coefficient (Wildman–Crippen LogP) is 2.47. The molecule has 0 aliphatic heterocycles. The Kier molecular flexibility index (Phi) is 3.66. The Bertz CT molecular complexity index is 193. The fourth-order valence-electron chi connectivity index (χ4n) is 1.60. The van der Waals surface area contributed by atoms with Gasteiger partial charge in [-0.05, 0) is 18.8 Å². The molecular weight excluding hydrogens is 172 g/mol. The van der Waals surface area contributed by atoms with Crippen LogP contribution in [0.5, 0.6) is 0 Å². The maximum atomic E-state index is 10.4. The number of hydrogen-bond donors (Lipinski definition) is 2. The first-order chi connectivity index (χ1) is 5.70. The molecule has 68 valence electrons. The largest absolute Gasteiger partial charge is 0.477 e. The molecule has 1 saturated carbocycles. The van der Waals surface area contributed by atoms with E-state index in [2.05, 4.69) is 12.6 Å². The van der Waals surface area contributed by atoms with Gasteiger partial charge in [-0.2, -0.15) is 0 Å². The van der Waals surface area contributed by atoms with Crippen molar-refractivity contribution in [2.45, 2.75) is 32.1 Å². The quantitative estimate of drug-likeness (QED) is 0.513. The number of carbonyl (C=O) groups is 1. The molecule has 0 unspecified atom stereocenters. The van der Waals surface area contributed by atoms with Crippen LogP contribution in [0.25, 0.3) is 0 Å². The molecule has 1 aliphatic rings. The van der Waals surface area contributed by atoms with E-state index in [1.54, 1.807) is 6.08 Å². The molecule has 0 saturated heterocycles. The van der Waals surface area contributed by atoms with Gasteiger partial charge in [0.15, 0.2) is 0 Å². The lowest BCUT2D eigenvalue weighted by Gasteiger charge is -2.17. The second-order valence-electron chi connectivity index (χ2n) is 3.26. The summed E-state index contributed by atoms with van der Waals surface area (Å²) < 4.78 is 0. The second-order valence-corrected chi connectivity index (χ2v) is 3.74. The standard InChI is InChI=1S/C9H14O2S/c10-9(11)8(12)6-7-4-2-1-3-5-7/h6-7,12H,1-5H2,(H,10,11). The highest BCUT2D eigenvalue weighted by molar-refractivity contribution is 7.85. The average Bonchev–Trinajstić information content (AvgIpc) is 2.06. The Morgan fingerprint density at radius 1 is 1.33 bits per heavy atom. The predicted molar refractivity (Wildman–Crippen MR) is 51.3 cm³/mol. The number of allylic oxidation sites excluding steroid dienone is 1. The SMILES string of the molecule is O=C(O)C(S)=CC1CCCCC1. The normalized spacial score (nSPS) is 20.9. The summed E-state index contributed by atoms with van der Waals surface area (Å²) in [5.74, 6) is -0.466. The van der Waals surface area contributed by atoms with Gasteiger partial charge >= 0.3 is 5.97 Å². The lowest BCUT2D eigenvalue weighted by atomic mass is 9.89. The van der Waals surface area contributed by atoms with E-state index in [1.165, 1.54) is 19.3 Å². The Labute approximate surface area is 78.1 Å². The van der Waals surface area contributed by atoms with Gasteiger partial charge in [0.2, 0.25) is 0 Å². The van der Waals surface area contributed by atoms with E-state index in [4.69, 9.17) is 5.11 Å². The minimum atomic E-state index is -0.913. The summed E-state index contributed by atoms with van der Waals surface area (Å²) >= 11 is 3.90. The summed E-state index contributed by atoms with van der Waals surface area (Å²) in [5.41, 5.74) is 0. The van der Waals surface area contributed by atoms with Gasteiger partial charge in [0, 0.05) is 0 Å². The third-order valence-corrected chi connectivity index (χ3v) is 2.60. The maximum Gasteiger partial charge on any atom is 0.341 e. The van der Waals surface area contributed by atoms with Gasteiger partial charge in [-0.15, -0.1) is 12.6 Å². The van der Waals surface area contributed by atoms with Crippen molar-refractivity contribution in [1.29, 1.82) is 0 Å². The van der Waals surface area contributed by atoms with Crippen molar-refractivity contribution in [3.05, 3.63) is 11.0 Å². The van der Waals surface area contributed by atoms with E-state index in [-0.39, 0.29) is 4.91 Å². The maximum absolute atomic E-state index is 10.4. The highest BCUT2D eigenvalue weighted by atomic mass is 32.1. The number of thiol groups is 1. The third kappa shape index (κ3) is 2.89. The van der Waals surface area contributed by atoms with Crippen molar-refractivity contribution in [1.82, 2.24) is 0 Å². The van der Waals surface area contributed by atoms with Crippen molar-refractivity contribution in [2.24, 2.45) is 5.92 Å². The first-order valence-corrected chi connectivity index (χ1v) is 4.79. The number of aliphatic carboxylic acids is 1. The lowest BCUT2D eigenvalue weighted by Crippen LogP contribution is -2.05. The molecule has 1 aliphatic carbocycles. The lowest BCUT2D eigenvalue weighted by molar-refractivity contribution is -0.131. The Morgan fingerprint density at radius 2 is 1.92 bits per heavy atom. The molecule has 0 spiro atoms. The highest BCUT2D eigenvalue weighted by Gasteiger charge is 2.12. The molecule has 0 aromatic heterocycles. The Hall–Kier alpha value is -0.440. The van der Waals surface area contributed by atoms with E-state index in [9.17, 15) is 4.79 Å². The molecule has 0 bridgehead atoms. The summed E-state index contributed by atoms with van der Waals surface area (Å²) in [7, 11) is 0. The molecule has 12 heavy (non-hydrogen) atoms. The Balaban J connectivity index is 2.47. The third-order valence-electron chi connectivity index (χ3n) is 2.26. The van der Waals surface area contributed by atoms with Crippen LogP contribution in [0.1, 0.15) is 32.1 Å². The van der Waals surface area contributed by atoms with Crippen molar-refractivity contribution < 1.29 is 9.90 Å². The minimum absolute atomic E-state index is 0.196. The van der Waals surface area contributed by atoms with Gasteiger partial charge < -0.3 is 5.11 Å². The van der Waals surface area contributed by atoms with Crippen LogP contribution >= 0.6 is 12.6 Å². The van der Waals surface area contributed by atoms with Crippen molar-refractivity contribution in [2.75, 3.05) is 0 Å². The van der Waals surface area contributed by atoms with Crippen LogP contribution in [-0.4, -0.2) is 11.1 Å². The molecule has 1 fully saturated rings. The monoisotopic (exact) mass is 186 g/mol. The van der Waals surface area contributed by atoms with Crippen LogP contribution in [-0.2, 0) is 4.79 Å². The first-order valence-electron chi connectivity index (χ1n) is 4.34. The number of rotatable bonds is 2.